The predicted molar refractivity (Wildman–Crippen MR) is 100 cm³/mol. The molecular formula is C20H27N3O3. The Morgan fingerprint density at radius 3 is 2.81 bits per heavy atom. The lowest BCUT2D eigenvalue weighted by molar-refractivity contribution is 0.0789. The molecule has 6 heteroatoms. The predicted octanol–water partition coefficient (Wildman–Crippen LogP) is 3.25. The maximum Gasteiger partial charge on any atom is 0.257 e. The Hall–Kier alpha value is -2.50. The lowest BCUT2D eigenvalue weighted by Gasteiger charge is -2.19. The van der Waals surface area contributed by atoms with Crippen molar-refractivity contribution in [3.8, 4) is 11.5 Å². The number of hydrogen-bond donors (Lipinski definition) is 0. The Labute approximate surface area is 154 Å². The van der Waals surface area contributed by atoms with Crippen molar-refractivity contribution in [1.29, 1.82) is 0 Å². The third-order valence-corrected chi connectivity index (χ3v) is 5.12. The molecule has 1 fully saturated rings. The number of hydrogen-bond acceptors (Lipinski definition) is 4. The summed E-state index contributed by atoms with van der Waals surface area (Å²) in [6, 6.07) is 5.93. The SMILES string of the molecule is CCCn1ncc(C(=O)N2CCC(c3cccc(OC)c3OC)C2)c1C. The number of para-hydroxylation sites is 1. The van der Waals surface area contributed by atoms with Gasteiger partial charge in [-0.15, -0.1) is 0 Å². The monoisotopic (exact) mass is 357 g/mol. The molecule has 1 atom stereocenters. The number of aryl methyl sites for hydroxylation is 1. The van der Waals surface area contributed by atoms with Crippen molar-refractivity contribution < 1.29 is 14.3 Å². The Bertz CT molecular complexity index is 785. The first-order chi connectivity index (χ1) is 12.6. The number of likely N-dealkylation sites (tertiary alicyclic amines) is 1. The van der Waals surface area contributed by atoms with E-state index >= 15 is 0 Å². The molecule has 0 saturated carbocycles. The summed E-state index contributed by atoms with van der Waals surface area (Å²) < 4.78 is 12.9. The normalized spacial score (nSPS) is 16.8. The number of methoxy groups -OCH3 is 2. The van der Waals surface area contributed by atoms with Gasteiger partial charge in [0.15, 0.2) is 11.5 Å². The minimum absolute atomic E-state index is 0.0641. The second-order valence-electron chi connectivity index (χ2n) is 6.69. The smallest absolute Gasteiger partial charge is 0.257 e. The molecular weight excluding hydrogens is 330 g/mol. The molecule has 0 aliphatic carbocycles. The molecule has 1 saturated heterocycles. The fraction of sp³-hybridized carbons (Fsp3) is 0.500. The molecule has 1 unspecified atom stereocenters. The molecule has 26 heavy (non-hydrogen) atoms. The average Bonchev–Trinajstić information content (AvgIpc) is 3.28. The van der Waals surface area contributed by atoms with Crippen molar-refractivity contribution in [3.05, 3.63) is 41.2 Å². The zero-order valence-corrected chi connectivity index (χ0v) is 16.0. The zero-order valence-electron chi connectivity index (χ0n) is 16.0. The van der Waals surface area contributed by atoms with Gasteiger partial charge in [0.05, 0.1) is 26.0 Å². The number of carbonyl (C=O) groups is 1. The molecule has 0 spiro atoms. The van der Waals surface area contributed by atoms with Crippen LogP contribution in [0.1, 0.15) is 47.3 Å². The van der Waals surface area contributed by atoms with Gasteiger partial charge in [-0.2, -0.15) is 5.10 Å². The van der Waals surface area contributed by atoms with Crippen molar-refractivity contribution in [3.63, 3.8) is 0 Å². The number of aromatic nitrogens is 2. The third kappa shape index (κ3) is 3.28. The van der Waals surface area contributed by atoms with E-state index in [2.05, 4.69) is 18.1 Å². The second kappa shape index (κ2) is 7.81. The van der Waals surface area contributed by atoms with E-state index in [9.17, 15) is 4.79 Å². The van der Waals surface area contributed by atoms with E-state index in [1.54, 1.807) is 20.4 Å². The van der Waals surface area contributed by atoms with Gasteiger partial charge in [0.25, 0.3) is 5.91 Å². The van der Waals surface area contributed by atoms with Gasteiger partial charge in [0.2, 0.25) is 0 Å². The van der Waals surface area contributed by atoms with Crippen LogP contribution in [0.4, 0.5) is 0 Å². The van der Waals surface area contributed by atoms with Gasteiger partial charge in [-0.1, -0.05) is 19.1 Å². The Balaban J connectivity index is 1.78. The maximum atomic E-state index is 13.0. The first-order valence-corrected chi connectivity index (χ1v) is 9.13. The van der Waals surface area contributed by atoms with E-state index in [0.29, 0.717) is 12.1 Å². The highest BCUT2D eigenvalue weighted by atomic mass is 16.5. The van der Waals surface area contributed by atoms with Crippen LogP contribution in [-0.2, 0) is 6.54 Å². The number of rotatable bonds is 6. The first-order valence-electron chi connectivity index (χ1n) is 9.13. The zero-order chi connectivity index (χ0) is 18.7. The molecule has 1 aromatic heterocycles. The highest BCUT2D eigenvalue weighted by Crippen LogP contribution is 2.39. The number of nitrogens with zero attached hydrogens (tertiary/aromatic N) is 3. The molecule has 1 aliphatic heterocycles. The van der Waals surface area contributed by atoms with Crippen LogP contribution < -0.4 is 9.47 Å². The molecule has 0 bridgehead atoms. The van der Waals surface area contributed by atoms with Crippen molar-refractivity contribution in [2.75, 3.05) is 27.3 Å². The van der Waals surface area contributed by atoms with E-state index in [-0.39, 0.29) is 11.8 Å². The van der Waals surface area contributed by atoms with Gasteiger partial charge < -0.3 is 14.4 Å². The highest BCUT2D eigenvalue weighted by molar-refractivity contribution is 5.95. The summed E-state index contributed by atoms with van der Waals surface area (Å²) in [4.78, 5) is 14.9. The van der Waals surface area contributed by atoms with Gasteiger partial charge in [0, 0.05) is 36.8 Å². The molecule has 2 heterocycles. The van der Waals surface area contributed by atoms with Gasteiger partial charge in [-0.3, -0.25) is 9.48 Å². The van der Waals surface area contributed by atoms with Crippen LogP contribution in [0.15, 0.2) is 24.4 Å². The van der Waals surface area contributed by atoms with Crippen LogP contribution in [0.2, 0.25) is 0 Å². The molecule has 2 aromatic rings. The highest BCUT2D eigenvalue weighted by Gasteiger charge is 2.31. The topological polar surface area (TPSA) is 56.6 Å². The molecule has 3 rings (SSSR count). The Kier molecular flexibility index (Phi) is 5.49. The summed E-state index contributed by atoms with van der Waals surface area (Å²) in [6.45, 7) is 6.33. The number of carbonyl (C=O) groups excluding carboxylic acids is 1. The lowest BCUT2D eigenvalue weighted by atomic mass is 9.97. The van der Waals surface area contributed by atoms with Gasteiger partial charge in [-0.25, -0.2) is 0 Å². The van der Waals surface area contributed by atoms with Crippen molar-refractivity contribution in [2.24, 2.45) is 0 Å². The van der Waals surface area contributed by atoms with Crippen molar-refractivity contribution >= 4 is 5.91 Å². The summed E-state index contributed by atoms with van der Waals surface area (Å²) in [5, 5.41) is 4.36. The summed E-state index contributed by atoms with van der Waals surface area (Å²) in [6.07, 6.45) is 3.61. The first kappa shape index (κ1) is 18.3. The fourth-order valence-corrected chi connectivity index (χ4v) is 3.70. The number of amides is 1. The van der Waals surface area contributed by atoms with E-state index < -0.39 is 0 Å². The minimum Gasteiger partial charge on any atom is -0.493 e. The van der Waals surface area contributed by atoms with Crippen LogP contribution in [0.5, 0.6) is 11.5 Å². The number of benzene rings is 1. The van der Waals surface area contributed by atoms with Crippen molar-refractivity contribution in [1.82, 2.24) is 14.7 Å². The molecule has 6 nitrogen and oxygen atoms in total. The summed E-state index contributed by atoms with van der Waals surface area (Å²) in [5.41, 5.74) is 2.75. The Morgan fingerprint density at radius 2 is 2.12 bits per heavy atom. The van der Waals surface area contributed by atoms with Gasteiger partial charge in [0.1, 0.15) is 0 Å². The van der Waals surface area contributed by atoms with Crippen LogP contribution >= 0.6 is 0 Å². The molecule has 1 aliphatic rings. The summed E-state index contributed by atoms with van der Waals surface area (Å²) in [5.74, 6) is 1.80. The van der Waals surface area contributed by atoms with Crippen LogP contribution in [0.3, 0.4) is 0 Å². The van der Waals surface area contributed by atoms with Gasteiger partial charge in [-0.05, 0) is 25.8 Å². The van der Waals surface area contributed by atoms with Crippen molar-refractivity contribution in [2.45, 2.75) is 39.2 Å². The van der Waals surface area contributed by atoms with E-state index in [1.807, 2.05) is 28.6 Å². The lowest BCUT2D eigenvalue weighted by Crippen LogP contribution is -2.29. The van der Waals surface area contributed by atoms with Gasteiger partial charge >= 0.3 is 0 Å². The average molecular weight is 357 g/mol. The van der Waals surface area contributed by atoms with E-state index in [1.165, 1.54) is 0 Å². The maximum absolute atomic E-state index is 13.0. The molecule has 0 N–H and O–H groups in total. The van der Waals surface area contributed by atoms with Crippen LogP contribution in [0, 0.1) is 6.92 Å². The number of ether oxygens (including phenoxy) is 2. The quantitative estimate of drug-likeness (QED) is 0.796. The minimum atomic E-state index is 0.0641. The second-order valence-corrected chi connectivity index (χ2v) is 6.69. The molecule has 1 aromatic carbocycles. The summed E-state index contributed by atoms with van der Waals surface area (Å²) in [7, 11) is 3.30. The van der Waals surface area contributed by atoms with E-state index in [4.69, 9.17) is 9.47 Å². The molecule has 1 amide bonds. The molecule has 140 valence electrons. The van der Waals surface area contributed by atoms with Crippen LogP contribution in [-0.4, -0.2) is 47.9 Å². The summed E-state index contributed by atoms with van der Waals surface area (Å²) >= 11 is 0. The van der Waals surface area contributed by atoms with E-state index in [0.717, 1.165) is 48.7 Å². The standard InChI is InChI=1S/C20H27N3O3/c1-5-10-23-14(2)17(12-21-23)20(24)22-11-9-15(13-22)16-7-6-8-18(25-3)19(16)26-4/h6-8,12,15H,5,9-11,13H2,1-4H3. The van der Waals surface area contributed by atoms with Crippen LogP contribution in [0.25, 0.3) is 0 Å². The largest absolute Gasteiger partial charge is 0.493 e. The fourth-order valence-electron chi connectivity index (χ4n) is 3.70. The Morgan fingerprint density at radius 1 is 1.31 bits per heavy atom. The third-order valence-electron chi connectivity index (χ3n) is 5.12. The molecule has 0 radical (unpaired) electrons.